The SMILES string of the molecule is CN(C)S(=O)(=O)Nc1ccc(F)c(C(=O)Nc2cnc3[nH]ccc3c2)c1F. The molecule has 0 aliphatic rings. The van der Waals surface area contributed by atoms with E-state index in [1.165, 1.54) is 20.3 Å². The molecule has 11 heteroatoms. The monoisotopic (exact) mass is 395 g/mol. The molecule has 0 saturated heterocycles. The first-order valence-corrected chi connectivity index (χ1v) is 9.06. The highest BCUT2D eigenvalue weighted by molar-refractivity contribution is 7.90. The molecule has 0 unspecified atom stereocenters. The van der Waals surface area contributed by atoms with Crippen LogP contribution >= 0.6 is 0 Å². The van der Waals surface area contributed by atoms with Crippen LogP contribution in [0.3, 0.4) is 0 Å². The molecule has 2 heterocycles. The van der Waals surface area contributed by atoms with Gasteiger partial charge in [0.15, 0.2) is 5.82 Å². The molecule has 142 valence electrons. The normalized spacial score (nSPS) is 11.7. The van der Waals surface area contributed by atoms with Crippen LogP contribution in [0.2, 0.25) is 0 Å². The standard InChI is InChI=1S/C16H15F2N5O3S/c1-23(2)27(25,26)22-12-4-3-11(17)13(14(12)18)16(24)21-10-7-9-5-6-19-15(9)20-8-10/h3-8,22H,1-2H3,(H,19,20)(H,21,24). The van der Waals surface area contributed by atoms with E-state index in [9.17, 15) is 22.0 Å². The van der Waals surface area contributed by atoms with E-state index in [0.29, 0.717) is 11.0 Å². The van der Waals surface area contributed by atoms with Gasteiger partial charge in [-0.2, -0.15) is 12.7 Å². The Balaban J connectivity index is 1.92. The van der Waals surface area contributed by atoms with Gasteiger partial charge in [0.25, 0.3) is 5.91 Å². The third-order valence-corrected chi connectivity index (χ3v) is 5.14. The lowest BCUT2D eigenvalue weighted by molar-refractivity contribution is 0.101. The van der Waals surface area contributed by atoms with Crippen LogP contribution in [0.25, 0.3) is 11.0 Å². The van der Waals surface area contributed by atoms with E-state index in [1.54, 1.807) is 18.3 Å². The number of hydrogen-bond acceptors (Lipinski definition) is 4. The molecule has 2 aromatic heterocycles. The van der Waals surface area contributed by atoms with Crippen LogP contribution in [0, 0.1) is 11.6 Å². The highest BCUT2D eigenvalue weighted by Crippen LogP contribution is 2.24. The Labute approximate surface area is 153 Å². The Bertz CT molecular complexity index is 1130. The minimum atomic E-state index is -4.03. The molecular weight excluding hydrogens is 380 g/mol. The van der Waals surface area contributed by atoms with E-state index in [2.05, 4.69) is 15.3 Å². The van der Waals surface area contributed by atoms with Crippen LogP contribution in [0.1, 0.15) is 10.4 Å². The Kier molecular flexibility index (Phi) is 4.81. The van der Waals surface area contributed by atoms with Gasteiger partial charge in [-0.3, -0.25) is 9.52 Å². The van der Waals surface area contributed by atoms with Gasteiger partial charge in [0.2, 0.25) is 0 Å². The summed E-state index contributed by atoms with van der Waals surface area (Å²) in [6.45, 7) is 0. The van der Waals surface area contributed by atoms with Gasteiger partial charge >= 0.3 is 10.2 Å². The van der Waals surface area contributed by atoms with E-state index in [0.717, 1.165) is 16.4 Å². The Hall–Kier alpha value is -3.05. The molecule has 27 heavy (non-hydrogen) atoms. The number of H-pyrrole nitrogens is 1. The van der Waals surface area contributed by atoms with Crippen molar-refractivity contribution in [3.8, 4) is 0 Å². The summed E-state index contributed by atoms with van der Waals surface area (Å²) in [5, 5.41) is 3.05. The van der Waals surface area contributed by atoms with Gasteiger partial charge in [0.1, 0.15) is 17.0 Å². The van der Waals surface area contributed by atoms with Crippen molar-refractivity contribution in [2.75, 3.05) is 24.1 Å². The third kappa shape index (κ3) is 3.73. The molecule has 8 nitrogen and oxygen atoms in total. The minimum absolute atomic E-state index is 0.227. The zero-order valence-electron chi connectivity index (χ0n) is 14.2. The smallest absolute Gasteiger partial charge is 0.301 e. The summed E-state index contributed by atoms with van der Waals surface area (Å²) in [5.74, 6) is -3.53. The lowest BCUT2D eigenvalue weighted by Crippen LogP contribution is -2.29. The maximum Gasteiger partial charge on any atom is 0.301 e. The Morgan fingerprint density at radius 3 is 2.67 bits per heavy atom. The number of aromatic nitrogens is 2. The second kappa shape index (κ2) is 6.93. The number of pyridine rings is 1. The average molecular weight is 395 g/mol. The zero-order valence-corrected chi connectivity index (χ0v) is 15.1. The Morgan fingerprint density at radius 1 is 1.22 bits per heavy atom. The number of nitrogens with zero attached hydrogens (tertiary/aromatic N) is 2. The van der Waals surface area contributed by atoms with Crippen LogP contribution in [0.4, 0.5) is 20.2 Å². The third-order valence-electron chi connectivity index (χ3n) is 3.70. The number of hydrogen-bond donors (Lipinski definition) is 3. The number of amides is 1. The van der Waals surface area contributed by atoms with Crippen molar-refractivity contribution in [3.63, 3.8) is 0 Å². The van der Waals surface area contributed by atoms with Gasteiger partial charge in [-0.15, -0.1) is 0 Å². The number of carbonyl (C=O) groups is 1. The van der Waals surface area contributed by atoms with Crippen molar-refractivity contribution >= 4 is 38.5 Å². The van der Waals surface area contributed by atoms with E-state index in [4.69, 9.17) is 0 Å². The van der Waals surface area contributed by atoms with E-state index >= 15 is 0 Å². The summed E-state index contributed by atoms with van der Waals surface area (Å²) in [4.78, 5) is 19.3. The van der Waals surface area contributed by atoms with E-state index < -0.39 is 39.0 Å². The topological polar surface area (TPSA) is 107 Å². The largest absolute Gasteiger partial charge is 0.346 e. The molecule has 0 saturated carbocycles. The number of fused-ring (bicyclic) bond motifs is 1. The number of anilines is 2. The fourth-order valence-corrected chi connectivity index (χ4v) is 2.89. The molecule has 3 N–H and O–H groups in total. The molecule has 3 rings (SSSR count). The minimum Gasteiger partial charge on any atom is -0.346 e. The second-order valence-electron chi connectivity index (χ2n) is 5.77. The first-order valence-electron chi connectivity index (χ1n) is 7.62. The van der Waals surface area contributed by atoms with Crippen LogP contribution in [-0.2, 0) is 10.2 Å². The zero-order chi connectivity index (χ0) is 19.8. The first kappa shape index (κ1) is 18.7. The van der Waals surface area contributed by atoms with Crippen molar-refractivity contribution in [1.82, 2.24) is 14.3 Å². The summed E-state index contributed by atoms with van der Waals surface area (Å²) in [5.41, 5.74) is -0.645. The molecule has 0 atom stereocenters. The van der Waals surface area contributed by atoms with Crippen LogP contribution in [-0.4, -0.2) is 42.7 Å². The molecule has 0 aliphatic heterocycles. The molecule has 0 spiro atoms. The maximum absolute atomic E-state index is 14.6. The van der Waals surface area contributed by atoms with E-state index in [1.807, 2.05) is 4.72 Å². The van der Waals surface area contributed by atoms with E-state index in [-0.39, 0.29) is 5.69 Å². The number of nitrogens with one attached hydrogen (secondary N) is 3. The quantitative estimate of drug-likeness (QED) is 0.616. The molecular formula is C16H15F2N5O3S. The fraction of sp³-hybridized carbons (Fsp3) is 0.125. The van der Waals surface area contributed by atoms with Crippen LogP contribution < -0.4 is 10.0 Å². The first-order chi connectivity index (χ1) is 12.7. The van der Waals surface area contributed by atoms with Gasteiger partial charge in [-0.1, -0.05) is 0 Å². The summed E-state index contributed by atoms with van der Waals surface area (Å²) in [7, 11) is -1.55. The second-order valence-corrected chi connectivity index (χ2v) is 7.65. The molecule has 1 amide bonds. The van der Waals surface area contributed by atoms with Gasteiger partial charge in [-0.25, -0.2) is 13.8 Å². The molecule has 0 aliphatic carbocycles. The fourth-order valence-electron chi connectivity index (χ4n) is 2.27. The summed E-state index contributed by atoms with van der Waals surface area (Å²) in [6.07, 6.45) is 2.98. The summed E-state index contributed by atoms with van der Waals surface area (Å²) < 4.78 is 55.2. The van der Waals surface area contributed by atoms with Crippen molar-refractivity contribution < 1.29 is 22.0 Å². The number of benzene rings is 1. The van der Waals surface area contributed by atoms with Crippen molar-refractivity contribution in [2.45, 2.75) is 0 Å². The maximum atomic E-state index is 14.6. The highest BCUT2D eigenvalue weighted by atomic mass is 32.2. The number of rotatable bonds is 5. The molecule has 1 aromatic carbocycles. The van der Waals surface area contributed by atoms with Crippen molar-refractivity contribution in [1.29, 1.82) is 0 Å². The Morgan fingerprint density at radius 2 is 1.96 bits per heavy atom. The lowest BCUT2D eigenvalue weighted by atomic mass is 10.1. The van der Waals surface area contributed by atoms with Crippen molar-refractivity contribution in [2.24, 2.45) is 0 Å². The number of halogens is 2. The summed E-state index contributed by atoms with van der Waals surface area (Å²) >= 11 is 0. The number of carbonyl (C=O) groups excluding carboxylic acids is 1. The molecule has 0 fully saturated rings. The van der Waals surface area contributed by atoms with Gasteiger partial charge in [0.05, 0.1) is 17.6 Å². The summed E-state index contributed by atoms with van der Waals surface area (Å²) in [6, 6.07) is 5.00. The molecule has 0 radical (unpaired) electrons. The highest BCUT2D eigenvalue weighted by Gasteiger charge is 2.24. The molecule has 0 bridgehead atoms. The van der Waals surface area contributed by atoms with Gasteiger partial charge in [-0.05, 0) is 24.3 Å². The van der Waals surface area contributed by atoms with Crippen LogP contribution in [0.15, 0.2) is 36.7 Å². The predicted octanol–water partition coefficient (Wildman–Crippen LogP) is 2.31. The number of aromatic amines is 1. The van der Waals surface area contributed by atoms with Crippen LogP contribution in [0.5, 0.6) is 0 Å². The predicted molar refractivity (Wildman–Crippen MR) is 96.6 cm³/mol. The van der Waals surface area contributed by atoms with Gasteiger partial charge in [0, 0.05) is 25.7 Å². The average Bonchev–Trinajstić information content (AvgIpc) is 3.05. The lowest BCUT2D eigenvalue weighted by Gasteiger charge is -2.15. The van der Waals surface area contributed by atoms with Gasteiger partial charge < -0.3 is 10.3 Å². The molecule has 3 aromatic rings. The van der Waals surface area contributed by atoms with Crippen molar-refractivity contribution in [3.05, 3.63) is 53.9 Å².